The molecule has 1 N–H and O–H groups in total. The van der Waals surface area contributed by atoms with Crippen molar-refractivity contribution in [3.63, 3.8) is 0 Å². The maximum absolute atomic E-state index is 10.9. The molecule has 1 unspecified atom stereocenters. The first-order valence-corrected chi connectivity index (χ1v) is 5.85. The molecule has 0 aliphatic carbocycles. The zero-order valence-corrected chi connectivity index (χ0v) is 9.80. The van der Waals surface area contributed by atoms with Crippen molar-refractivity contribution in [2.45, 2.75) is 4.90 Å². The van der Waals surface area contributed by atoms with Crippen molar-refractivity contribution in [3.8, 4) is 0 Å². The molecular formula is C9H8BrNO2S. The molecule has 0 bridgehead atoms. The van der Waals surface area contributed by atoms with Crippen LogP contribution in [-0.4, -0.2) is 13.3 Å². The molecular weight excluding hydrogens is 266 g/mol. The highest BCUT2D eigenvalue weighted by Crippen LogP contribution is 2.26. The summed E-state index contributed by atoms with van der Waals surface area (Å²) in [6.45, 7) is 0. The third-order valence-electron chi connectivity index (χ3n) is 2.12. The molecule has 74 valence electrons. The van der Waals surface area contributed by atoms with Crippen molar-refractivity contribution in [3.05, 3.63) is 28.9 Å². The summed E-state index contributed by atoms with van der Waals surface area (Å²) in [6, 6.07) is 5.21. The van der Waals surface area contributed by atoms with Crippen LogP contribution < -0.4 is 0 Å². The number of halogens is 1. The van der Waals surface area contributed by atoms with E-state index in [9.17, 15) is 4.21 Å². The largest absolute Gasteiger partial charge is 0.349 e. The lowest BCUT2D eigenvalue weighted by molar-refractivity contribution is 0.564. The predicted molar refractivity (Wildman–Crippen MR) is 59.7 cm³/mol. The van der Waals surface area contributed by atoms with E-state index in [0.717, 1.165) is 15.4 Å². The SMILES string of the molecule is Cn1cc(Br)c2ccc(S(=O)O)cc21. The van der Waals surface area contributed by atoms with E-state index in [1.807, 2.05) is 23.9 Å². The molecule has 0 aliphatic rings. The highest BCUT2D eigenvalue weighted by Gasteiger charge is 2.07. The first-order valence-electron chi connectivity index (χ1n) is 3.95. The Morgan fingerprint density at radius 3 is 2.86 bits per heavy atom. The fraction of sp³-hybridized carbons (Fsp3) is 0.111. The van der Waals surface area contributed by atoms with Crippen LogP contribution in [0.4, 0.5) is 0 Å². The number of rotatable bonds is 1. The molecule has 3 nitrogen and oxygen atoms in total. The summed E-state index contributed by atoms with van der Waals surface area (Å²) in [5.74, 6) is 0. The quantitative estimate of drug-likeness (QED) is 0.812. The molecule has 1 atom stereocenters. The minimum Gasteiger partial charge on any atom is -0.349 e. The monoisotopic (exact) mass is 273 g/mol. The Bertz CT molecular complexity index is 521. The maximum atomic E-state index is 10.9. The van der Waals surface area contributed by atoms with Crippen molar-refractivity contribution in [2.75, 3.05) is 0 Å². The van der Waals surface area contributed by atoms with E-state index in [-0.39, 0.29) is 0 Å². The molecule has 2 aromatic rings. The fourth-order valence-electron chi connectivity index (χ4n) is 1.42. The first-order chi connectivity index (χ1) is 6.59. The van der Waals surface area contributed by atoms with E-state index in [0.29, 0.717) is 4.90 Å². The number of aromatic nitrogens is 1. The number of nitrogens with zero attached hydrogens (tertiary/aromatic N) is 1. The van der Waals surface area contributed by atoms with Gasteiger partial charge in [-0.1, -0.05) is 6.07 Å². The van der Waals surface area contributed by atoms with Gasteiger partial charge in [0.15, 0.2) is 11.1 Å². The highest BCUT2D eigenvalue weighted by molar-refractivity contribution is 9.10. The lowest BCUT2D eigenvalue weighted by Gasteiger charge is -1.98. The summed E-state index contributed by atoms with van der Waals surface area (Å²) >= 11 is 1.51. The summed E-state index contributed by atoms with van der Waals surface area (Å²) in [4.78, 5) is 0.422. The lowest BCUT2D eigenvalue weighted by atomic mass is 10.2. The molecule has 0 saturated heterocycles. The van der Waals surface area contributed by atoms with Crippen LogP contribution in [0, 0.1) is 0 Å². The molecule has 0 saturated carbocycles. The number of hydrogen-bond acceptors (Lipinski definition) is 1. The van der Waals surface area contributed by atoms with Gasteiger partial charge in [0.1, 0.15) is 0 Å². The normalized spacial score (nSPS) is 13.4. The maximum Gasteiger partial charge on any atom is 0.186 e. The van der Waals surface area contributed by atoms with Gasteiger partial charge in [-0.15, -0.1) is 0 Å². The van der Waals surface area contributed by atoms with Crippen LogP contribution in [-0.2, 0) is 18.1 Å². The molecule has 0 radical (unpaired) electrons. The minimum absolute atomic E-state index is 0.422. The van der Waals surface area contributed by atoms with Crippen molar-refractivity contribution in [1.29, 1.82) is 0 Å². The van der Waals surface area contributed by atoms with Gasteiger partial charge in [-0.05, 0) is 28.1 Å². The van der Waals surface area contributed by atoms with E-state index in [1.54, 1.807) is 12.1 Å². The minimum atomic E-state index is -1.91. The fourth-order valence-corrected chi connectivity index (χ4v) is 2.46. The summed E-state index contributed by atoms with van der Waals surface area (Å²) in [6.07, 6.45) is 1.93. The van der Waals surface area contributed by atoms with Gasteiger partial charge in [0.25, 0.3) is 0 Å². The molecule has 2 rings (SSSR count). The van der Waals surface area contributed by atoms with E-state index in [4.69, 9.17) is 4.55 Å². The molecule has 0 amide bonds. The second kappa shape index (κ2) is 3.49. The van der Waals surface area contributed by atoms with Crippen molar-refractivity contribution < 1.29 is 8.76 Å². The number of aryl methyl sites for hydroxylation is 1. The molecule has 1 aromatic heterocycles. The van der Waals surface area contributed by atoms with Gasteiger partial charge in [-0.3, -0.25) is 0 Å². The second-order valence-electron chi connectivity index (χ2n) is 3.02. The standard InChI is InChI=1S/C9H8BrNO2S/c1-11-5-8(10)7-3-2-6(14(12)13)4-9(7)11/h2-5H,1H3,(H,12,13). The first kappa shape index (κ1) is 9.89. The van der Waals surface area contributed by atoms with Gasteiger partial charge in [0.2, 0.25) is 0 Å². The van der Waals surface area contributed by atoms with Crippen LogP contribution in [0.3, 0.4) is 0 Å². The molecule has 14 heavy (non-hydrogen) atoms. The van der Waals surface area contributed by atoms with Crippen LogP contribution in [0.1, 0.15) is 0 Å². The van der Waals surface area contributed by atoms with E-state index < -0.39 is 11.1 Å². The Labute approximate surface area is 92.1 Å². The van der Waals surface area contributed by atoms with E-state index in [1.165, 1.54) is 0 Å². The van der Waals surface area contributed by atoms with Gasteiger partial charge in [0.05, 0.1) is 10.4 Å². The summed E-state index contributed by atoms with van der Waals surface area (Å²) in [5.41, 5.74) is 0.941. The van der Waals surface area contributed by atoms with Gasteiger partial charge in [-0.25, -0.2) is 4.21 Å². The van der Waals surface area contributed by atoms with Crippen LogP contribution in [0.5, 0.6) is 0 Å². The van der Waals surface area contributed by atoms with Gasteiger partial charge < -0.3 is 9.12 Å². The molecule has 5 heteroatoms. The van der Waals surface area contributed by atoms with Crippen LogP contribution in [0.15, 0.2) is 33.8 Å². The molecule has 0 aliphatic heterocycles. The predicted octanol–water partition coefficient (Wildman–Crippen LogP) is 2.52. The lowest BCUT2D eigenvalue weighted by Crippen LogP contribution is -1.89. The number of hydrogen-bond donors (Lipinski definition) is 1. The smallest absolute Gasteiger partial charge is 0.186 e. The van der Waals surface area contributed by atoms with Gasteiger partial charge in [0, 0.05) is 23.1 Å². The Morgan fingerprint density at radius 1 is 1.50 bits per heavy atom. The highest BCUT2D eigenvalue weighted by atomic mass is 79.9. The number of benzene rings is 1. The Morgan fingerprint density at radius 2 is 2.21 bits per heavy atom. The van der Waals surface area contributed by atoms with Crippen molar-refractivity contribution >= 4 is 37.9 Å². The Balaban J connectivity index is 2.77. The van der Waals surface area contributed by atoms with Gasteiger partial charge >= 0.3 is 0 Å². The average Bonchev–Trinajstić information content (AvgIpc) is 2.42. The third-order valence-corrected chi connectivity index (χ3v) is 3.40. The number of fused-ring (bicyclic) bond motifs is 1. The second-order valence-corrected chi connectivity index (χ2v) is 4.84. The summed E-state index contributed by atoms with van der Waals surface area (Å²) in [5, 5.41) is 1.04. The van der Waals surface area contributed by atoms with E-state index >= 15 is 0 Å². The Kier molecular flexibility index (Phi) is 2.47. The average molecular weight is 274 g/mol. The molecule has 0 spiro atoms. The molecule has 1 aromatic carbocycles. The van der Waals surface area contributed by atoms with Crippen molar-refractivity contribution in [1.82, 2.24) is 4.57 Å². The summed E-state index contributed by atoms with van der Waals surface area (Å²) in [7, 11) is 1.90. The molecule has 1 heterocycles. The van der Waals surface area contributed by atoms with Crippen LogP contribution in [0.25, 0.3) is 10.9 Å². The summed E-state index contributed by atoms with van der Waals surface area (Å²) < 4.78 is 22.7. The zero-order chi connectivity index (χ0) is 10.3. The third kappa shape index (κ3) is 1.51. The topological polar surface area (TPSA) is 42.2 Å². The zero-order valence-electron chi connectivity index (χ0n) is 7.40. The van der Waals surface area contributed by atoms with Crippen LogP contribution >= 0.6 is 15.9 Å². The van der Waals surface area contributed by atoms with Gasteiger partial charge in [-0.2, -0.15) is 0 Å². The van der Waals surface area contributed by atoms with E-state index in [2.05, 4.69) is 15.9 Å². The van der Waals surface area contributed by atoms with Crippen molar-refractivity contribution in [2.24, 2.45) is 7.05 Å². The van der Waals surface area contributed by atoms with Crippen LogP contribution in [0.2, 0.25) is 0 Å². The Hall–Kier alpha value is -0.650. The molecule has 0 fully saturated rings.